The third-order valence-corrected chi connectivity index (χ3v) is 4.07. The predicted molar refractivity (Wildman–Crippen MR) is 65.0 cm³/mol. The zero-order chi connectivity index (χ0) is 10.5. The smallest absolute Gasteiger partial charge is 0.000826 e. The van der Waals surface area contributed by atoms with Crippen molar-refractivity contribution < 1.29 is 0 Å². The first kappa shape index (κ1) is 11.4. The lowest BCUT2D eigenvalue weighted by Crippen LogP contribution is -2.37. The van der Waals surface area contributed by atoms with Crippen LogP contribution in [-0.2, 0) is 0 Å². The van der Waals surface area contributed by atoms with Crippen molar-refractivity contribution in [3.63, 3.8) is 0 Å². The molecule has 1 saturated carbocycles. The standard InChI is InChI=1S/C13H26N2/c1-11-4-5-12(7-11)8-15-10-13-3-2-6-14-9-13/h11-15H,2-10H2,1H3. The highest BCUT2D eigenvalue weighted by molar-refractivity contribution is 4.76. The van der Waals surface area contributed by atoms with Gasteiger partial charge >= 0.3 is 0 Å². The first-order valence-electron chi connectivity index (χ1n) is 6.76. The van der Waals surface area contributed by atoms with Gasteiger partial charge in [-0.1, -0.05) is 13.3 Å². The second kappa shape index (κ2) is 5.86. The lowest BCUT2D eigenvalue weighted by molar-refractivity contribution is 0.347. The van der Waals surface area contributed by atoms with Crippen molar-refractivity contribution in [3.8, 4) is 0 Å². The summed E-state index contributed by atoms with van der Waals surface area (Å²) in [4.78, 5) is 0. The van der Waals surface area contributed by atoms with Crippen LogP contribution in [0.4, 0.5) is 0 Å². The highest BCUT2D eigenvalue weighted by Crippen LogP contribution is 2.29. The van der Waals surface area contributed by atoms with E-state index in [1.165, 1.54) is 58.3 Å². The van der Waals surface area contributed by atoms with Gasteiger partial charge in [0.15, 0.2) is 0 Å². The molecule has 0 aromatic heterocycles. The van der Waals surface area contributed by atoms with Crippen LogP contribution in [0, 0.1) is 17.8 Å². The molecule has 2 aliphatic rings. The zero-order valence-electron chi connectivity index (χ0n) is 10.1. The van der Waals surface area contributed by atoms with Crippen LogP contribution in [0.15, 0.2) is 0 Å². The summed E-state index contributed by atoms with van der Waals surface area (Å²) in [7, 11) is 0. The largest absolute Gasteiger partial charge is 0.316 e. The molecule has 88 valence electrons. The van der Waals surface area contributed by atoms with Crippen molar-refractivity contribution in [2.45, 2.75) is 39.0 Å². The first-order chi connectivity index (χ1) is 7.34. The van der Waals surface area contributed by atoms with E-state index in [2.05, 4.69) is 17.6 Å². The second-order valence-electron chi connectivity index (χ2n) is 5.65. The fourth-order valence-electron chi connectivity index (χ4n) is 3.10. The van der Waals surface area contributed by atoms with Gasteiger partial charge in [0.1, 0.15) is 0 Å². The summed E-state index contributed by atoms with van der Waals surface area (Å²) in [6.45, 7) is 7.36. The normalized spacial score (nSPS) is 37.0. The van der Waals surface area contributed by atoms with E-state index in [4.69, 9.17) is 0 Å². The summed E-state index contributed by atoms with van der Waals surface area (Å²) >= 11 is 0. The fraction of sp³-hybridized carbons (Fsp3) is 1.00. The molecule has 1 saturated heterocycles. The molecule has 2 fully saturated rings. The summed E-state index contributed by atoms with van der Waals surface area (Å²) in [6.07, 6.45) is 7.15. The second-order valence-corrected chi connectivity index (χ2v) is 5.65. The molecule has 3 atom stereocenters. The Hall–Kier alpha value is -0.0800. The molecule has 15 heavy (non-hydrogen) atoms. The average molecular weight is 210 g/mol. The average Bonchev–Trinajstić information content (AvgIpc) is 2.66. The number of hydrogen-bond acceptors (Lipinski definition) is 2. The molecule has 0 aromatic carbocycles. The van der Waals surface area contributed by atoms with E-state index in [1.807, 2.05) is 0 Å². The third kappa shape index (κ3) is 3.76. The summed E-state index contributed by atoms with van der Waals surface area (Å²) in [5.74, 6) is 2.84. The maximum absolute atomic E-state index is 3.68. The topological polar surface area (TPSA) is 24.1 Å². The van der Waals surface area contributed by atoms with Gasteiger partial charge in [0.2, 0.25) is 0 Å². The molecule has 1 heterocycles. The Balaban J connectivity index is 1.54. The number of piperidine rings is 1. The van der Waals surface area contributed by atoms with Gasteiger partial charge in [-0.25, -0.2) is 0 Å². The van der Waals surface area contributed by atoms with E-state index in [-0.39, 0.29) is 0 Å². The van der Waals surface area contributed by atoms with Gasteiger partial charge in [0, 0.05) is 0 Å². The molecule has 3 unspecified atom stereocenters. The maximum Gasteiger partial charge on any atom is -0.000826 e. The van der Waals surface area contributed by atoms with Crippen LogP contribution >= 0.6 is 0 Å². The molecular weight excluding hydrogens is 184 g/mol. The summed E-state index contributed by atoms with van der Waals surface area (Å²) < 4.78 is 0. The molecule has 2 heteroatoms. The Labute approximate surface area is 94.2 Å². The highest BCUT2D eigenvalue weighted by atomic mass is 14.9. The van der Waals surface area contributed by atoms with Crippen LogP contribution in [0.2, 0.25) is 0 Å². The van der Waals surface area contributed by atoms with Crippen molar-refractivity contribution in [2.75, 3.05) is 26.2 Å². The van der Waals surface area contributed by atoms with Gasteiger partial charge in [0.25, 0.3) is 0 Å². The maximum atomic E-state index is 3.68. The van der Waals surface area contributed by atoms with Gasteiger partial charge in [-0.2, -0.15) is 0 Å². The Bertz CT molecular complexity index is 171. The van der Waals surface area contributed by atoms with Crippen LogP contribution < -0.4 is 10.6 Å². The SMILES string of the molecule is CC1CCC(CNCC2CCCNC2)C1. The van der Waals surface area contributed by atoms with E-state index in [1.54, 1.807) is 0 Å². The fourth-order valence-corrected chi connectivity index (χ4v) is 3.10. The predicted octanol–water partition coefficient (Wildman–Crippen LogP) is 2.01. The summed E-state index contributed by atoms with van der Waals surface area (Å²) in [5, 5.41) is 7.16. The van der Waals surface area contributed by atoms with Crippen LogP contribution in [0.1, 0.15) is 39.0 Å². The Kier molecular flexibility index (Phi) is 4.45. The molecule has 2 N–H and O–H groups in total. The van der Waals surface area contributed by atoms with E-state index < -0.39 is 0 Å². The van der Waals surface area contributed by atoms with Crippen LogP contribution in [-0.4, -0.2) is 26.2 Å². The molecule has 0 aromatic rings. The molecule has 0 radical (unpaired) electrons. The molecule has 1 aliphatic heterocycles. The quantitative estimate of drug-likeness (QED) is 0.742. The summed E-state index contributed by atoms with van der Waals surface area (Å²) in [5.41, 5.74) is 0. The number of rotatable bonds is 4. The lowest BCUT2D eigenvalue weighted by atomic mass is 9.99. The van der Waals surface area contributed by atoms with Gasteiger partial charge in [-0.3, -0.25) is 0 Å². The van der Waals surface area contributed by atoms with Crippen molar-refractivity contribution in [1.82, 2.24) is 10.6 Å². The van der Waals surface area contributed by atoms with E-state index >= 15 is 0 Å². The van der Waals surface area contributed by atoms with Crippen molar-refractivity contribution >= 4 is 0 Å². The van der Waals surface area contributed by atoms with Gasteiger partial charge in [-0.15, -0.1) is 0 Å². The Morgan fingerprint density at radius 2 is 2.00 bits per heavy atom. The third-order valence-electron chi connectivity index (χ3n) is 4.07. The monoisotopic (exact) mass is 210 g/mol. The Morgan fingerprint density at radius 1 is 1.13 bits per heavy atom. The van der Waals surface area contributed by atoms with E-state index in [9.17, 15) is 0 Å². The molecule has 0 spiro atoms. The number of hydrogen-bond donors (Lipinski definition) is 2. The van der Waals surface area contributed by atoms with Crippen LogP contribution in [0.5, 0.6) is 0 Å². The zero-order valence-corrected chi connectivity index (χ0v) is 10.1. The van der Waals surface area contributed by atoms with Gasteiger partial charge < -0.3 is 10.6 Å². The number of nitrogens with one attached hydrogen (secondary N) is 2. The minimum atomic E-state index is 0.887. The van der Waals surface area contributed by atoms with Gasteiger partial charge in [-0.05, 0) is 69.6 Å². The minimum Gasteiger partial charge on any atom is -0.316 e. The molecule has 2 nitrogen and oxygen atoms in total. The molecule has 0 bridgehead atoms. The minimum absolute atomic E-state index is 0.887. The van der Waals surface area contributed by atoms with Crippen LogP contribution in [0.25, 0.3) is 0 Å². The molecule has 0 amide bonds. The van der Waals surface area contributed by atoms with E-state index in [0.717, 1.165) is 17.8 Å². The van der Waals surface area contributed by atoms with Crippen molar-refractivity contribution in [2.24, 2.45) is 17.8 Å². The lowest BCUT2D eigenvalue weighted by Gasteiger charge is -2.23. The van der Waals surface area contributed by atoms with Gasteiger partial charge in [0.05, 0.1) is 0 Å². The van der Waals surface area contributed by atoms with Crippen molar-refractivity contribution in [1.29, 1.82) is 0 Å². The molecular formula is C13H26N2. The van der Waals surface area contributed by atoms with Crippen molar-refractivity contribution in [3.05, 3.63) is 0 Å². The molecule has 1 aliphatic carbocycles. The molecule has 2 rings (SSSR count). The summed E-state index contributed by atoms with van der Waals surface area (Å²) in [6, 6.07) is 0. The Morgan fingerprint density at radius 3 is 2.67 bits per heavy atom. The van der Waals surface area contributed by atoms with E-state index in [0.29, 0.717) is 0 Å². The van der Waals surface area contributed by atoms with Crippen LogP contribution in [0.3, 0.4) is 0 Å². The highest BCUT2D eigenvalue weighted by Gasteiger charge is 2.21. The first-order valence-corrected chi connectivity index (χ1v) is 6.76.